The highest BCUT2D eigenvalue weighted by Crippen LogP contribution is 2.24. The second kappa shape index (κ2) is 5.68. The van der Waals surface area contributed by atoms with E-state index in [1.807, 2.05) is 0 Å². The van der Waals surface area contributed by atoms with Crippen LogP contribution in [0, 0.1) is 6.92 Å². The second-order valence-electron chi connectivity index (χ2n) is 5.32. The molecule has 21 heavy (non-hydrogen) atoms. The third-order valence-electron chi connectivity index (χ3n) is 3.89. The van der Waals surface area contributed by atoms with E-state index < -0.39 is 25.9 Å². The second-order valence-corrected chi connectivity index (χ2v) is 9.55. The van der Waals surface area contributed by atoms with Crippen molar-refractivity contribution >= 4 is 19.9 Å². The molecule has 1 heterocycles. The SMILES string of the molecule is Cc1ccc(S(=O)(=O)N(C)C2CCS(=O)(=O)C2)cc1CO. The molecule has 1 aliphatic rings. The van der Waals surface area contributed by atoms with Gasteiger partial charge < -0.3 is 5.11 Å². The van der Waals surface area contributed by atoms with Gasteiger partial charge in [0.15, 0.2) is 9.84 Å². The molecular weight excluding hydrogens is 314 g/mol. The van der Waals surface area contributed by atoms with Crippen molar-refractivity contribution in [1.82, 2.24) is 4.31 Å². The van der Waals surface area contributed by atoms with E-state index in [2.05, 4.69) is 0 Å². The number of aryl methyl sites for hydroxylation is 1. The molecule has 0 amide bonds. The molecule has 2 rings (SSSR count). The number of sulfonamides is 1. The maximum atomic E-state index is 12.6. The normalized spacial score (nSPS) is 21.8. The first-order valence-electron chi connectivity index (χ1n) is 6.56. The number of benzene rings is 1. The lowest BCUT2D eigenvalue weighted by Gasteiger charge is -2.23. The maximum Gasteiger partial charge on any atom is 0.243 e. The van der Waals surface area contributed by atoms with Gasteiger partial charge in [-0.25, -0.2) is 16.8 Å². The summed E-state index contributed by atoms with van der Waals surface area (Å²) in [5.41, 5.74) is 1.35. The van der Waals surface area contributed by atoms with Crippen LogP contribution in [0.2, 0.25) is 0 Å². The largest absolute Gasteiger partial charge is 0.392 e. The average Bonchev–Trinajstić information content (AvgIpc) is 2.78. The number of hydrogen-bond donors (Lipinski definition) is 1. The first-order valence-corrected chi connectivity index (χ1v) is 9.82. The van der Waals surface area contributed by atoms with Crippen LogP contribution in [0.25, 0.3) is 0 Å². The molecule has 1 atom stereocenters. The van der Waals surface area contributed by atoms with Crippen LogP contribution in [0.15, 0.2) is 23.1 Å². The highest BCUT2D eigenvalue weighted by atomic mass is 32.2. The Bertz CT molecular complexity index is 740. The van der Waals surface area contributed by atoms with Gasteiger partial charge in [0.2, 0.25) is 10.0 Å². The molecule has 0 aromatic heterocycles. The minimum atomic E-state index is -3.76. The fourth-order valence-electron chi connectivity index (χ4n) is 2.40. The van der Waals surface area contributed by atoms with Gasteiger partial charge in [0.1, 0.15) is 0 Å². The summed E-state index contributed by atoms with van der Waals surface area (Å²) in [4.78, 5) is 0.0731. The van der Waals surface area contributed by atoms with E-state index in [4.69, 9.17) is 0 Å². The zero-order chi connectivity index (χ0) is 15.8. The molecule has 118 valence electrons. The van der Waals surface area contributed by atoms with E-state index in [0.29, 0.717) is 12.0 Å². The summed E-state index contributed by atoms with van der Waals surface area (Å²) < 4.78 is 49.2. The number of aliphatic hydroxyl groups excluding tert-OH is 1. The van der Waals surface area contributed by atoms with Gasteiger partial charge in [0, 0.05) is 13.1 Å². The monoisotopic (exact) mass is 333 g/mol. The van der Waals surface area contributed by atoms with Crippen molar-refractivity contribution in [2.45, 2.75) is 30.9 Å². The van der Waals surface area contributed by atoms with Gasteiger partial charge in [-0.3, -0.25) is 0 Å². The zero-order valence-corrected chi connectivity index (χ0v) is 13.6. The lowest BCUT2D eigenvalue weighted by Crippen LogP contribution is -2.37. The van der Waals surface area contributed by atoms with E-state index in [9.17, 15) is 21.9 Å². The Balaban J connectivity index is 2.34. The molecular formula is C13H19NO5S2. The van der Waals surface area contributed by atoms with Crippen LogP contribution >= 0.6 is 0 Å². The van der Waals surface area contributed by atoms with Crippen molar-refractivity contribution in [3.05, 3.63) is 29.3 Å². The molecule has 1 N–H and O–H groups in total. The minimum Gasteiger partial charge on any atom is -0.392 e. The minimum absolute atomic E-state index is 0.0211. The predicted octanol–water partition coefficient (Wildman–Crippen LogP) is 0.295. The van der Waals surface area contributed by atoms with Gasteiger partial charge in [-0.2, -0.15) is 4.31 Å². The van der Waals surface area contributed by atoms with Crippen LogP contribution in [-0.4, -0.2) is 50.8 Å². The van der Waals surface area contributed by atoms with Crippen molar-refractivity contribution in [3.63, 3.8) is 0 Å². The summed E-state index contributed by atoms with van der Waals surface area (Å²) in [6.07, 6.45) is 0.316. The quantitative estimate of drug-likeness (QED) is 0.855. The summed E-state index contributed by atoms with van der Waals surface area (Å²) in [5.74, 6) is -0.116. The number of aliphatic hydroxyl groups is 1. The third-order valence-corrected chi connectivity index (χ3v) is 7.55. The van der Waals surface area contributed by atoms with Crippen LogP contribution in [0.4, 0.5) is 0 Å². The predicted molar refractivity (Wildman–Crippen MR) is 79.1 cm³/mol. The molecule has 0 radical (unpaired) electrons. The summed E-state index contributed by atoms with van der Waals surface area (Å²) in [7, 11) is -5.51. The lowest BCUT2D eigenvalue weighted by atomic mass is 10.1. The highest BCUT2D eigenvalue weighted by Gasteiger charge is 2.36. The van der Waals surface area contributed by atoms with Crippen molar-refractivity contribution in [3.8, 4) is 0 Å². The first-order chi connectivity index (χ1) is 9.67. The maximum absolute atomic E-state index is 12.6. The van der Waals surface area contributed by atoms with Crippen LogP contribution in [-0.2, 0) is 26.5 Å². The number of sulfone groups is 1. The Hall–Kier alpha value is -0.960. The summed E-state index contributed by atoms with van der Waals surface area (Å²) >= 11 is 0. The molecule has 1 fully saturated rings. The number of rotatable bonds is 4. The standard InChI is InChI=1S/C13H19NO5S2/c1-10-3-4-13(7-11(10)8-15)21(18,19)14(2)12-5-6-20(16,17)9-12/h3-4,7,12,15H,5-6,8-9H2,1-2H3. The van der Waals surface area contributed by atoms with E-state index in [0.717, 1.165) is 9.87 Å². The lowest BCUT2D eigenvalue weighted by molar-refractivity contribution is 0.280. The molecule has 0 bridgehead atoms. The van der Waals surface area contributed by atoms with E-state index in [-0.39, 0.29) is 23.0 Å². The van der Waals surface area contributed by atoms with Crippen molar-refractivity contribution < 1.29 is 21.9 Å². The van der Waals surface area contributed by atoms with Gasteiger partial charge >= 0.3 is 0 Å². The van der Waals surface area contributed by atoms with Gasteiger partial charge in [-0.05, 0) is 36.6 Å². The van der Waals surface area contributed by atoms with E-state index in [1.165, 1.54) is 19.2 Å². The molecule has 1 saturated heterocycles. The van der Waals surface area contributed by atoms with Gasteiger partial charge in [0.25, 0.3) is 0 Å². The molecule has 1 unspecified atom stereocenters. The zero-order valence-electron chi connectivity index (χ0n) is 12.0. The van der Waals surface area contributed by atoms with Crippen LogP contribution in [0.1, 0.15) is 17.5 Å². The van der Waals surface area contributed by atoms with E-state index in [1.54, 1.807) is 13.0 Å². The Kier molecular flexibility index (Phi) is 4.44. The molecule has 6 nitrogen and oxygen atoms in total. The van der Waals surface area contributed by atoms with Crippen molar-refractivity contribution in [1.29, 1.82) is 0 Å². The molecule has 0 aliphatic carbocycles. The average molecular weight is 333 g/mol. The molecule has 0 spiro atoms. The molecule has 1 aromatic carbocycles. The smallest absolute Gasteiger partial charge is 0.243 e. The first kappa shape index (κ1) is 16.4. The molecule has 1 aliphatic heterocycles. The van der Waals surface area contributed by atoms with Crippen molar-refractivity contribution in [2.75, 3.05) is 18.6 Å². The fourth-order valence-corrected chi connectivity index (χ4v) is 5.71. The summed E-state index contributed by atoms with van der Waals surface area (Å²) in [5, 5.41) is 9.24. The number of hydrogen-bond acceptors (Lipinski definition) is 5. The molecule has 1 aromatic rings. The number of nitrogens with zero attached hydrogens (tertiary/aromatic N) is 1. The third kappa shape index (κ3) is 3.28. The Labute approximate surface area is 125 Å². The summed E-state index contributed by atoms with van der Waals surface area (Å²) in [6, 6.07) is 4.02. The fraction of sp³-hybridized carbons (Fsp3) is 0.538. The Morgan fingerprint density at radius 2 is 2.05 bits per heavy atom. The molecule has 8 heteroatoms. The topological polar surface area (TPSA) is 91.8 Å². The van der Waals surface area contributed by atoms with Gasteiger partial charge in [-0.1, -0.05) is 6.07 Å². The molecule has 0 saturated carbocycles. The van der Waals surface area contributed by atoms with Crippen LogP contribution in [0.5, 0.6) is 0 Å². The van der Waals surface area contributed by atoms with Crippen LogP contribution < -0.4 is 0 Å². The van der Waals surface area contributed by atoms with Crippen molar-refractivity contribution in [2.24, 2.45) is 0 Å². The van der Waals surface area contributed by atoms with E-state index >= 15 is 0 Å². The summed E-state index contributed by atoms with van der Waals surface area (Å²) in [6.45, 7) is 1.55. The van der Waals surface area contributed by atoms with Crippen LogP contribution in [0.3, 0.4) is 0 Å². The Morgan fingerprint density at radius 1 is 1.38 bits per heavy atom. The van der Waals surface area contributed by atoms with Gasteiger partial charge in [0.05, 0.1) is 23.0 Å². The van der Waals surface area contributed by atoms with Gasteiger partial charge in [-0.15, -0.1) is 0 Å². The Morgan fingerprint density at radius 3 is 2.57 bits per heavy atom. The highest BCUT2D eigenvalue weighted by molar-refractivity contribution is 7.92.